The highest BCUT2D eigenvalue weighted by Crippen LogP contribution is 2.28. The number of carbonyl (C=O) groups excluding carboxylic acids is 3. The van der Waals surface area contributed by atoms with Crippen molar-refractivity contribution in [2.45, 2.75) is 32.0 Å². The molecule has 2 rings (SSSR count). The van der Waals surface area contributed by atoms with Crippen LogP contribution in [0, 0.1) is 0 Å². The highest BCUT2D eigenvalue weighted by atomic mass is 16.6. The molecule has 0 unspecified atom stereocenters. The van der Waals surface area contributed by atoms with Gasteiger partial charge in [0.15, 0.2) is 5.78 Å². The average Bonchev–Trinajstić information content (AvgIpc) is 2.65. The number of esters is 1. The maximum atomic E-state index is 12.2. The Morgan fingerprint density at radius 3 is 2.32 bits per heavy atom. The van der Waals surface area contributed by atoms with Crippen molar-refractivity contribution in [1.82, 2.24) is 4.90 Å². The van der Waals surface area contributed by atoms with Gasteiger partial charge in [0.25, 0.3) is 0 Å². The van der Waals surface area contributed by atoms with Crippen LogP contribution in [0.15, 0.2) is 30.3 Å². The Morgan fingerprint density at radius 1 is 1.12 bits per heavy atom. The van der Waals surface area contributed by atoms with Crippen LogP contribution in [-0.4, -0.2) is 55.2 Å². The molecule has 0 saturated carbocycles. The van der Waals surface area contributed by atoms with Crippen LogP contribution in [0.4, 0.5) is 4.79 Å². The molecule has 0 radical (unpaired) electrons. The summed E-state index contributed by atoms with van der Waals surface area (Å²) in [4.78, 5) is 37.0. The topological polar surface area (TPSA) is 82.1 Å². The lowest BCUT2D eigenvalue weighted by Gasteiger charge is -2.39. The molecule has 0 bridgehead atoms. The lowest BCUT2D eigenvalue weighted by Crippen LogP contribution is -2.52. The third-order valence-corrected chi connectivity index (χ3v) is 4.37. The van der Waals surface area contributed by atoms with E-state index in [1.807, 2.05) is 30.3 Å². The number of ketones is 1. The van der Waals surface area contributed by atoms with Crippen LogP contribution in [0.1, 0.15) is 25.3 Å². The molecule has 0 spiro atoms. The molecular weight excluding hydrogens is 326 g/mol. The van der Waals surface area contributed by atoms with Crippen LogP contribution in [0.5, 0.6) is 0 Å². The fourth-order valence-corrected chi connectivity index (χ4v) is 2.72. The van der Waals surface area contributed by atoms with Crippen molar-refractivity contribution < 1.29 is 28.6 Å². The summed E-state index contributed by atoms with van der Waals surface area (Å²) < 4.78 is 15.4. The summed E-state index contributed by atoms with van der Waals surface area (Å²) >= 11 is 0. The Kier molecular flexibility index (Phi) is 6.52. The number of carbonyl (C=O) groups is 3. The minimum atomic E-state index is -1.05. The van der Waals surface area contributed by atoms with Crippen molar-refractivity contribution in [2.75, 3.05) is 26.8 Å². The van der Waals surface area contributed by atoms with Crippen molar-refractivity contribution in [1.29, 1.82) is 0 Å². The highest BCUT2D eigenvalue weighted by molar-refractivity contribution is 5.86. The van der Waals surface area contributed by atoms with E-state index in [9.17, 15) is 14.4 Å². The number of benzene rings is 1. The second-order valence-corrected chi connectivity index (χ2v) is 5.94. The van der Waals surface area contributed by atoms with Gasteiger partial charge in [0, 0.05) is 25.9 Å². The number of hydrogen-bond acceptors (Lipinski definition) is 6. The summed E-state index contributed by atoms with van der Waals surface area (Å²) in [6.45, 7) is 2.00. The second-order valence-electron chi connectivity index (χ2n) is 5.94. The fourth-order valence-electron chi connectivity index (χ4n) is 2.72. The minimum Gasteiger partial charge on any atom is -0.467 e. The number of ether oxygens (including phenoxy) is 3. The number of hydrogen-bond donors (Lipinski definition) is 0. The summed E-state index contributed by atoms with van der Waals surface area (Å²) in [5.74, 6) is -0.695. The first kappa shape index (κ1) is 18.9. The average molecular weight is 349 g/mol. The minimum absolute atomic E-state index is 0.159. The number of piperidine rings is 1. The molecule has 1 amide bonds. The molecule has 1 aliphatic heterocycles. The van der Waals surface area contributed by atoms with E-state index in [-0.39, 0.29) is 19.0 Å². The van der Waals surface area contributed by atoms with E-state index in [0.717, 1.165) is 5.56 Å². The molecule has 7 nitrogen and oxygen atoms in total. The van der Waals surface area contributed by atoms with Crippen LogP contribution in [-0.2, 0) is 30.4 Å². The number of methoxy groups -OCH3 is 1. The lowest BCUT2D eigenvalue weighted by atomic mass is 9.87. The normalized spacial score (nSPS) is 16.2. The summed E-state index contributed by atoms with van der Waals surface area (Å²) in [7, 11) is 1.26. The Balaban J connectivity index is 1.86. The maximum Gasteiger partial charge on any atom is 0.410 e. The predicted molar refractivity (Wildman–Crippen MR) is 88.8 cm³/mol. The van der Waals surface area contributed by atoms with Crippen molar-refractivity contribution >= 4 is 17.8 Å². The SMILES string of the molecule is COC(=O)COC1(C(C)=O)CCN(C(=O)OCc2ccccc2)CC1. The van der Waals surface area contributed by atoms with E-state index in [1.165, 1.54) is 14.0 Å². The molecule has 1 fully saturated rings. The molecular formula is C18H23NO6. The first-order valence-electron chi connectivity index (χ1n) is 8.14. The summed E-state index contributed by atoms with van der Waals surface area (Å²) in [6.07, 6.45) is 0.216. The smallest absolute Gasteiger partial charge is 0.410 e. The molecule has 1 aliphatic rings. The van der Waals surface area contributed by atoms with Crippen LogP contribution in [0.25, 0.3) is 0 Å². The molecule has 25 heavy (non-hydrogen) atoms. The first-order valence-corrected chi connectivity index (χ1v) is 8.14. The third kappa shape index (κ3) is 5.03. The molecule has 0 N–H and O–H groups in total. The molecule has 1 aromatic carbocycles. The van der Waals surface area contributed by atoms with Gasteiger partial charge in [0.1, 0.15) is 18.8 Å². The van der Waals surface area contributed by atoms with Crippen molar-refractivity contribution in [3.05, 3.63) is 35.9 Å². The van der Waals surface area contributed by atoms with Gasteiger partial charge in [-0.2, -0.15) is 0 Å². The molecule has 0 aliphatic carbocycles. The Labute approximate surface area is 146 Å². The van der Waals surface area contributed by atoms with E-state index in [4.69, 9.17) is 9.47 Å². The van der Waals surface area contributed by atoms with Gasteiger partial charge in [-0.1, -0.05) is 30.3 Å². The number of likely N-dealkylation sites (tertiary alicyclic amines) is 1. The number of Topliss-reactive ketones (excluding diaryl/α,β-unsaturated/α-hetero) is 1. The van der Waals surface area contributed by atoms with E-state index < -0.39 is 17.7 Å². The van der Waals surface area contributed by atoms with Gasteiger partial charge in [-0.15, -0.1) is 0 Å². The maximum absolute atomic E-state index is 12.2. The van der Waals surface area contributed by atoms with Crippen molar-refractivity contribution in [3.63, 3.8) is 0 Å². The molecule has 1 heterocycles. The largest absolute Gasteiger partial charge is 0.467 e. The van der Waals surface area contributed by atoms with Gasteiger partial charge in [-0.25, -0.2) is 9.59 Å². The Morgan fingerprint density at radius 2 is 1.76 bits per heavy atom. The Bertz CT molecular complexity index is 607. The number of rotatable bonds is 6. The van der Waals surface area contributed by atoms with Crippen LogP contribution in [0.2, 0.25) is 0 Å². The highest BCUT2D eigenvalue weighted by Gasteiger charge is 2.41. The van der Waals surface area contributed by atoms with Gasteiger partial charge in [-0.3, -0.25) is 4.79 Å². The molecule has 7 heteroatoms. The van der Waals surface area contributed by atoms with Crippen molar-refractivity contribution in [3.8, 4) is 0 Å². The van der Waals surface area contributed by atoms with E-state index in [2.05, 4.69) is 4.74 Å². The van der Waals surface area contributed by atoms with Crippen LogP contribution in [0.3, 0.4) is 0 Å². The van der Waals surface area contributed by atoms with Gasteiger partial charge >= 0.3 is 12.1 Å². The van der Waals surface area contributed by atoms with Gasteiger partial charge in [0.05, 0.1) is 7.11 Å². The zero-order chi connectivity index (χ0) is 18.3. The van der Waals surface area contributed by atoms with Crippen LogP contribution >= 0.6 is 0 Å². The van der Waals surface area contributed by atoms with Gasteiger partial charge < -0.3 is 19.1 Å². The molecule has 136 valence electrons. The third-order valence-electron chi connectivity index (χ3n) is 4.37. The van der Waals surface area contributed by atoms with Crippen LogP contribution < -0.4 is 0 Å². The van der Waals surface area contributed by atoms with Gasteiger partial charge in [0.2, 0.25) is 0 Å². The zero-order valence-electron chi connectivity index (χ0n) is 14.5. The number of amides is 1. The molecule has 0 atom stereocenters. The quantitative estimate of drug-likeness (QED) is 0.730. The van der Waals surface area contributed by atoms with E-state index in [1.54, 1.807) is 4.90 Å². The van der Waals surface area contributed by atoms with E-state index in [0.29, 0.717) is 25.9 Å². The van der Waals surface area contributed by atoms with E-state index >= 15 is 0 Å². The standard InChI is InChI=1S/C18H23NO6/c1-14(20)18(25-13-16(21)23-2)8-10-19(11-9-18)17(22)24-12-15-6-4-3-5-7-15/h3-7H,8-13H2,1-2H3. The molecule has 0 aromatic heterocycles. The summed E-state index contributed by atoms with van der Waals surface area (Å²) in [6, 6.07) is 9.41. The van der Waals surface area contributed by atoms with Gasteiger partial charge in [-0.05, 0) is 12.5 Å². The predicted octanol–water partition coefficient (Wildman–Crippen LogP) is 1.94. The summed E-state index contributed by atoms with van der Waals surface area (Å²) in [5.41, 5.74) is -0.142. The Hall–Kier alpha value is -2.41. The molecule has 1 saturated heterocycles. The fraction of sp³-hybridized carbons (Fsp3) is 0.500. The monoisotopic (exact) mass is 349 g/mol. The zero-order valence-corrected chi connectivity index (χ0v) is 14.5. The van der Waals surface area contributed by atoms with Crippen molar-refractivity contribution in [2.24, 2.45) is 0 Å². The lowest BCUT2D eigenvalue weighted by molar-refractivity contribution is -0.163. The first-order chi connectivity index (χ1) is 12.0. The second kappa shape index (κ2) is 8.62. The number of nitrogens with zero attached hydrogens (tertiary/aromatic N) is 1. The summed E-state index contributed by atoms with van der Waals surface area (Å²) in [5, 5.41) is 0. The molecule has 1 aromatic rings.